The van der Waals surface area contributed by atoms with Crippen molar-refractivity contribution in [2.45, 2.75) is 18.3 Å². The molecule has 0 atom stereocenters. The van der Waals surface area contributed by atoms with Crippen LogP contribution in [0, 0.1) is 23.0 Å². The number of hydrogen-bond donors (Lipinski definition) is 0. The van der Waals surface area contributed by atoms with Gasteiger partial charge in [0.25, 0.3) is 0 Å². The molecule has 0 amide bonds. The predicted molar refractivity (Wildman–Crippen MR) is 49.4 cm³/mol. The van der Waals surface area contributed by atoms with Crippen LogP contribution in [0.3, 0.4) is 0 Å². The molecule has 1 aliphatic rings. The average Bonchev–Trinajstić information content (AvgIpc) is 2.97. The van der Waals surface area contributed by atoms with Crippen molar-refractivity contribution in [2.75, 3.05) is 7.11 Å². The maximum atomic E-state index is 13.5. The molecule has 0 aromatic heterocycles. The predicted octanol–water partition coefficient (Wildman–Crippen LogP) is 2.53. The minimum Gasteiger partial charge on any atom is -0.496 e. The van der Waals surface area contributed by atoms with Crippen LogP contribution in [0.25, 0.3) is 0 Å². The smallest absolute Gasteiger partial charge is 0.134 e. The molecule has 0 saturated heterocycles. The monoisotopic (exact) mass is 209 g/mol. The van der Waals surface area contributed by atoms with Crippen LogP contribution in [0.5, 0.6) is 5.75 Å². The first kappa shape index (κ1) is 9.91. The fourth-order valence-electron chi connectivity index (χ4n) is 1.72. The van der Waals surface area contributed by atoms with Gasteiger partial charge in [0, 0.05) is 12.1 Å². The number of halogens is 2. The fourth-order valence-corrected chi connectivity index (χ4v) is 1.72. The summed E-state index contributed by atoms with van der Waals surface area (Å²) in [6, 6.07) is 3.96. The van der Waals surface area contributed by atoms with E-state index in [0.29, 0.717) is 12.8 Å². The highest BCUT2D eigenvalue weighted by atomic mass is 19.1. The number of rotatable bonds is 2. The van der Waals surface area contributed by atoms with E-state index in [9.17, 15) is 8.78 Å². The Kier molecular flexibility index (Phi) is 2.11. The summed E-state index contributed by atoms with van der Waals surface area (Å²) in [5, 5.41) is 8.96. The quantitative estimate of drug-likeness (QED) is 0.749. The van der Waals surface area contributed by atoms with Gasteiger partial charge in [-0.25, -0.2) is 8.78 Å². The molecule has 1 aromatic rings. The van der Waals surface area contributed by atoms with Gasteiger partial charge in [-0.15, -0.1) is 0 Å². The molecule has 78 valence electrons. The maximum Gasteiger partial charge on any atom is 0.134 e. The van der Waals surface area contributed by atoms with Crippen LogP contribution in [0.15, 0.2) is 12.1 Å². The van der Waals surface area contributed by atoms with Crippen LogP contribution in [0.1, 0.15) is 18.4 Å². The Morgan fingerprint density at radius 1 is 1.40 bits per heavy atom. The minimum atomic E-state index is -0.802. The van der Waals surface area contributed by atoms with E-state index in [1.165, 1.54) is 7.11 Å². The van der Waals surface area contributed by atoms with Gasteiger partial charge in [-0.05, 0) is 12.8 Å². The zero-order chi connectivity index (χ0) is 11.1. The molecule has 2 nitrogen and oxygen atoms in total. The topological polar surface area (TPSA) is 33.0 Å². The number of hydrogen-bond acceptors (Lipinski definition) is 2. The zero-order valence-electron chi connectivity index (χ0n) is 8.18. The molecule has 4 heteroatoms. The summed E-state index contributed by atoms with van der Waals surface area (Å²) in [4.78, 5) is 0. The molecular formula is C11H9F2NO. The van der Waals surface area contributed by atoms with E-state index < -0.39 is 17.0 Å². The Morgan fingerprint density at radius 3 is 2.53 bits per heavy atom. The number of ether oxygens (including phenoxy) is 1. The van der Waals surface area contributed by atoms with Crippen molar-refractivity contribution in [1.82, 2.24) is 0 Å². The van der Waals surface area contributed by atoms with Gasteiger partial charge < -0.3 is 4.74 Å². The first-order valence-corrected chi connectivity index (χ1v) is 4.58. The molecule has 1 saturated carbocycles. The second-order valence-electron chi connectivity index (χ2n) is 3.66. The third-order valence-electron chi connectivity index (χ3n) is 2.68. The molecule has 0 heterocycles. The van der Waals surface area contributed by atoms with Gasteiger partial charge in [0.2, 0.25) is 0 Å². The van der Waals surface area contributed by atoms with E-state index in [4.69, 9.17) is 10.00 Å². The molecular weight excluding hydrogens is 200 g/mol. The van der Waals surface area contributed by atoms with Crippen LogP contribution in [-0.2, 0) is 5.41 Å². The highest BCUT2D eigenvalue weighted by Crippen LogP contribution is 2.51. The van der Waals surface area contributed by atoms with E-state index in [1.54, 1.807) is 0 Å². The molecule has 0 bridgehead atoms. The fraction of sp³-hybridized carbons (Fsp3) is 0.364. The molecule has 1 aliphatic carbocycles. The van der Waals surface area contributed by atoms with Gasteiger partial charge in [-0.1, -0.05) is 0 Å². The lowest BCUT2D eigenvalue weighted by atomic mass is 9.96. The molecule has 1 fully saturated rings. The van der Waals surface area contributed by atoms with E-state index >= 15 is 0 Å². The lowest BCUT2D eigenvalue weighted by molar-refractivity contribution is 0.396. The van der Waals surface area contributed by atoms with Gasteiger partial charge in [-0.3, -0.25) is 0 Å². The molecule has 0 spiro atoms. The number of nitriles is 1. The molecule has 0 N–H and O–H groups in total. The van der Waals surface area contributed by atoms with Crippen LogP contribution < -0.4 is 4.74 Å². The standard InChI is InChI=1S/C11H9F2NO/c1-15-9-5-7(12)4-8(13)10(9)11(6-14)2-3-11/h4-5H,2-3H2,1H3. The largest absolute Gasteiger partial charge is 0.496 e. The Labute approximate surface area is 86.1 Å². The van der Waals surface area contributed by atoms with Crippen LogP contribution in [-0.4, -0.2) is 7.11 Å². The number of methoxy groups -OCH3 is 1. The van der Waals surface area contributed by atoms with E-state index in [0.717, 1.165) is 12.1 Å². The van der Waals surface area contributed by atoms with E-state index in [-0.39, 0.29) is 11.3 Å². The summed E-state index contributed by atoms with van der Waals surface area (Å²) in [5.41, 5.74) is -0.614. The SMILES string of the molecule is COc1cc(F)cc(F)c1C1(C#N)CC1. The Hall–Kier alpha value is -1.63. The molecule has 0 unspecified atom stereocenters. The van der Waals surface area contributed by atoms with E-state index in [2.05, 4.69) is 6.07 Å². The van der Waals surface area contributed by atoms with Gasteiger partial charge in [0.05, 0.1) is 24.2 Å². The third-order valence-corrected chi connectivity index (χ3v) is 2.68. The molecule has 1 aromatic carbocycles. The van der Waals surface area contributed by atoms with Crippen molar-refractivity contribution >= 4 is 0 Å². The first-order valence-electron chi connectivity index (χ1n) is 4.58. The van der Waals surface area contributed by atoms with Crippen molar-refractivity contribution in [2.24, 2.45) is 0 Å². The summed E-state index contributed by atoms with van der Waals surface area (Å²) in [6.45, 7) is 0. The Morgan fingerprint density at radius 2 is 2.07 bits per heavy atom. The van der Waals surface area contributed by atoms with Crippen molar-refractivity contribution in [1.29, 1.82) is 5.26 Å². The third kappa shape index (κ3) is 1.44. The highest BCUT2D eigenvalue weighted by molar-refractivity contribution is 5.49. The van der Waals surface area contributed by atoms with Crippen molar-refractivity contribution in [3.63, 3.8) is 0 Å². The van der Waals surface area contributed by atoms with Gasteiger partial charge >= 0.3 is 0 Å². The summed E-state index contributed by atoms with van der Waals surface area (Å²) in [5.74, 6) is -1.28. The number of benzene rings is 1. The summed E-state index contributed by atoms with van der Waals surface area (Å²) in [6.07, 6.45) is 1.20. The van der Waals surface area contributed by atoms with Crippen LogP contribution in [0.4, 0.5) is 8.78 Å². The molecule has 2 rings (SSSR count). The summed E-state index contributed by atoms with van der Waals surface area (Å²) < 4.78 is 31.4. The highest BCUT2D eigenvalue weighted by Gasteiger charge is 2.49. The van der Waals surface area contributed by atoms with Crippen molar-refractivity contribution in [3.05, 3.63) is 29.3 Å². The molecule has 15 heavy (non-hydrogen) atoms. The molecule has 0 radical (unpaired) electrons. The van der Waals surface area contributed by atoms with Crippen molar-refractivity contribution < 1.29 is 13.5 Å². The van der Waals surface area contributed by atoms with Crippen molar-refractivity contribution in [3.8, 4) is 11.8 Å². The van der Waals surface area contributed by atoms with Crippen LogP contribution in [0.2, 0.25) is 0 Å². The maximum absolute atomic E-state index is 13.5. The second-order valence-corrected chi connectivity index (χ2v) is 3.66. The summed E-state index contributed by atoms with van der Waals surface area (Å²) in [7, 11) is 1.34. The second kappa shape index (κ2) is 3.20. The number of nitrogens with zero attached hydrogens (tertiary/aromatic N) is 1. The molecule has 0 aliphatic heterocycles. The normalized spacial score (nSPS) is 16.9. The average molecular weight is 209 g/mol. The lowest BCUT2D eigenvalue weighted by Crippen LogP contribution is -2.09. The zero-order valence-corrected chi connectivity index (χ0v) is 8.18. The Bertz CT molecular complexity index is 447. The Balaban J connectivity index is 2.60. The van der Waals surface area contributed by atoms with Gasteiger partial charge in [-0.2, -0.15) is 5.26 Å². The lowest BCUT2D eigenvalue weighted by Gasteiger charge is -2.13. The minimum absolute atomic E-state index is 0.117. The van der Waals surface area contributed by atoms with E-state index in [1.807, 2.05) is 0 Å². The van der Waals surface area contributed by atoms with Gasteiger partial charge in [0.15, 0.2) is 0 Å². The van der Waals surface area contributed by atoms with Gasteiger partial charge in [0.1, 0.15) is 17.4 Å². The van der Waals surface area contributed by atoms with Crippen LogP contribution >= 0.6 is 0 Å². The summed E-state index contributed by atoms with van der Waals surface area (Å²) >= 11 is 0. The first-order chi connectivity index (χ1) is 7.13.